The highest BCUT2D eigenvalue weighted by Gasteiger charge is 2.33. The molecule has 2 heterocycles. The third-order valence-corrected chi connectivity index (χ3v) is 3.74. The lowest BCUT2D eigenvalue weighted by molar-refractivity contribution is 0.0348. The molecule has 5 nitrogen and oxygen atoms in total. The van der Waals surface area contributed by atoms with Crippen LogP contribution in [-0.4, -0.2) is 57.9 Å². The van der Waals surface area contributed by atoms with Gasteiger partial charge in [-0.2, -0.15) is 0 Å². The molecule has 1 aliphatic heterocycles. The normalized spacial score (nSPS) is 20.8. The highest BCUT2D eigenvalue weighted by molar-refractivity contribution is 5.90. The number of piperazine rings is 1. The summed E-state index contributed by atoms with van der Waals surface area (Å²) in [6.45, 7) is 10.1. The Morgan fingerprint density at radius 1 is 1.37 bits per heavy atom. The van der Waals surface area contributed by atoms with Gasteiger partial charge in [-0.3, -0.25) is 9.69 Å². The van der Waals surface area contributed by atoms with E-state index in [-0.39, 0.29) is 11.9 Å². The highest BCUT2D eigenvalue weighted by atomic mass is 16.2. The van der Waals surface area contributed by atoms with Crippen molar-refractivity contribution in [1.29, 1.82) is 0 Å². The summed E-state index contributed by atoms with van der Waals surface area (Å²) in [7, 11) is 0. The zero-order valence-electron chi connectivity index (χ0n) is 11.9. The molecule has 0 N–H and O–H groups in total. The van der Waals surface area contributed by atoms with Gasteiger partial charge in [0, 0.05) is 38.1 Å². The standard InChI is InChI=1S/C14H22N4O/c1-4-17-8-9-18(12(10-17)11(2)3)14(19)13-15-6-5-7-16-13/h5-7,11-12H,4,8-10H2,1-3H3. The summed E-state index contributed by atoms with van der Waals surface area (Å²) in [6.07, 6.45) is 3.24. The van der Waals surface area contributed by atoms with Gasteiger partial charge >= 0.3 is 0 Å². The van der Waals surface area contributed by atoms with Crippen LogP contribution in [0.25, 0.3) is 0 Å². The molecule has 1 aliphatic rings. The van der Waals surface area contributed by atoms with Crippen LogP contribution in [0.15, 0.2) is 18.5 Å². The van der Waals surface area contributed by atoms with Crippen LogP contribution in [0.5, 0.6) is 0 Å². The maximum atomic E-state index is 12.5. The van der Waals surface area contributed by atoms with Crippen LogP contribution < -0.4 is 0 Å². The monoisotopic (exact) mass is 262 g/mol. The van der Waals surface area contributed by atoms with Crippen molar-refractivity contribution >= 4 is 5.91 Å². The number of carbonyl (C=O) groups excluding carboxylic acids is 1. The Labute approximate surface area is 114 Å². The van der Waals surface area contributed by atoms with Gasteiger partial charge in [-0.15, -0.1) is 0 Å². The fourth-order valence-electron chi connectivity index (χ4n) is 2.52. The van der Waals surface area contributed by atoms with Crippen LogP contribution >= 0.6 is 0 Å². The molecule has 1 saturated heterocycles. The molecule has 0 aromatic carbocycles. The molecule has 104 valence electrons. The minimum Gasteiger partial charge on any atom is -0.330 e. The lowest BCUT2D eigenvalue weighted by Gasteiger charge is -2.42. The number of aromatic nitrogens is 2. The maximum absolute atomic E-state index is 12.5. The van der Waals surface area contributed by atoms with E-state index in [1.165, 1.54) is 0 Å². The summed E-state index contributed by atoms with van der Waals surface area (Å²) in [5.41, 5.74) is 0. The Hall–Kier alpha value is -1.49. The van der Waals surface area contributed by atoms with Gasteiger partial charge in [0.2, 0.25) is 5.82 Å². The molecule has 0 aliphatic carbocycles. The van der Waals surface area contributed by atoms with Crippen LogP contribution in [0.3, 0.4) is 0 Å². The predicted octanol–water partition coefficient (Wildman–Crippen LogP) is 1.28. The molecule has 1 amide bonds. The third kappa shape index (κ3) is 3.10. The summed E-state index contributed by atoms with van der Waals surface area (Å²) >= 11 is 0. The molecular weight excluding hydrogens is 240 g/mol. The van der Waals surface area contributed by atoms with Gasteiger partial charge in [-0.1, -0.05) is 20.8 Å². The molecular formula is C14H22N4O. The predicted molar refractivity (Wildman–Crippen MR) is 73.8 cm³/mol. The number of amides is 1. The van der Waals surface area contributed by atoms with E-state index in [1.807, 2.05) is 4.90 Å². The lowest BCUT2D eigenvalue weighted by Crippen LogP contribution is -2.57. The average molecular weight is 262 g/mol. The van der Waals surface area contributed by atoms with Crippen molar-refractivity contribution in [3.8, 4) is 0 Å². The minimum absolute atomic E-state index is 0.0462. The van der Waals surface area contributed by atoms with Crippen LogP contribution in [0.1, 0.15) is 31.4 Å². The average Bonchev–Trinajstić information content (AvgIpc) is 2.46. The number of nitrogens with zero attached hydrogens (tertiary/aromatic N) is 4. The maximum Gasteiger partial charge on any atom is 0.292 e. The van der Waals surface area contributed by atoms with E-state index in [1.54, 1.807) is 18.5 Å². The smallest absolute Gasteiger partial charge is 0.292 e. The SMILES string of the molecule is CCN1CCN(C(=O)c2ncccn2)C(C(C)C)C1. The highest BCUT2D eigenvalue weighted by Crippen LogP contribution is 2.18. The van der Waals surface area contributed by atoms with E-state index in [2.05, 4.69) is 35.6 Å². The quantitative estimate of drug-likeness (QED) is 0.823. The molecule has 0 bridgehead atoms. The second-order valence-electron chi connectivity index (χ2n) is 5.28. The first-order valence-corrected chi connectivity index (χ1v) is 6.93. The fourth-order valence-corrected chi connectivity index (χ4v) is 2.52. The topological polar surface area (TPSA) is 49.3 Å². The Bertz CT molecular complexity index is 421. The molecule has 2 rings (SSSR count). The van der Waals surface area contributed by atoms with Crippen LogP contribution in [0.2, 0.25) is 0 Å². The number of hydrogen-bond donors (Lipinski definition) is 0. The Morgan fingerprint density at radius 2 is 2.05 bits per heavy atom. The number of hydrogen-bond acceptors (Lipinski definition) is 4. The summed E-state index contributed by atoms with van der Waals surface area (Å²) < 4.78 is 0. The summed E-state index contributed by atoms with van der Waals surface area (Å²) in [5.74, 6) is 0.690. The van der Waals surface area contributed by atoms with Crippen LogP contribution in [0.4, 0.5) is 0 Å². The van der Waals surface area contributed by atoms with E-state index < -0.39 is 0 Å². The number of likely N-dealkylation sites (N-methyl/N-ethyl adjacent to an activating group) is 1. The van der Waals surface area contributed by atoms with Crippen molar-refractivity contribution in [3.05, 3.63) is 24.3 Å². The van der Waals surface area contributed by atoms with Gasteiger partial charge in [0.05, 0.1) is 0 Å². The molecule has 0 spiro atoms. The lowest BCUT2D eigenvalue weighted by atomic mass is 9.99. The van der Waals surface area contributed by atoms with Gasteiger partial charge < -0.3 is 4.90 Å². The van der Waals surface area contributed by atoms with Crippen LogP contribution in [0, 0.1) is 5.92 Å². The first kappa shape index (κ1) is 13.9. The second-order valence-corrected chi connectivity index (χ2v) is 5.28. The van der Waals surface area contributed by atoms with E-state index >= 15 is 0 Å². The van der Waals surface area contributed by atoms with Crippen molar-refractivity contribution in [1.82, 2.24) is 19.8 Å². The molecule has 1 aromatic heterocycles. The Morgan fingerprint density at radius 3 is 2.63 bits per heavy atom. The van der Waals surface area contributed by atoms with Crippen molar-refractivity contribution in [2.75, 3.05) is 26.2 Å². The number of rotatable bonds is 3. The molecule has 5 heteroatoms. The molecule has 1 fully saturated rings. The van der Waals surface area contributed by atoms with Crippen molar-refractivity contribution in [2.45, 2.75) is 26.8 Å². The second kappa shape index (κ2) is 6.10. The largest absolute Gasteiger partial charge is 0.330 e. The van der Waals surface area contributed by atoms with Crippen molar-refractivity contribution in [2.24, 2.45) is 5.92 Å². The molecule has 1 atom stereocenters. The molecule has 1 aromatic rings. The number of carbonyl (C=O) groups is 1. The summed E-state index contributed by atoms with van der Waals surface area (Å²) in [5, 5.41) is 0. The van der Waals surface area contributed by atoms with Crippen molar-refractivity contribution < 1.29 is 4.79 Å². The van der Waals surface area contributed by atoms with Gasteiger partial charge in [0.25, 0.3) is 5.91 Å². The first-order chi connectivity index (χ1) is 9.13. The fraction of sp³-hybridized carbons (Fsp3) is 0.643. The Kier molecular flexibility index (Phi) is 4.47. The van der Waals surface area contributed by atoms with Gasteiger partial charge in [-0.25, -0.2) is 9.97 Å². The van der Waals surface area contributed by atoms with Gasteiger partial charge in [0.1, 0.15) is 0 Å². The summed E-state index contributed by atoms with van der Waals surface area (Å²) in [4.78, 5) is 25.0. The van der Waals surface area contributed by atoms with Crippen LogP contribution in [-0.2, 0) is 0 Å². The third-order valence-electron chi connectivity index (χ3n) is 3.74. The van der Waals surface area contributed by atoms with Gasteiger partial charge in [-0.05, 0) is 18.5 Å². The zero-order valence-corrected chi connectivity index (χ0v) is 11.9. The van der Waals surface area contributed by atoms with Crippen molar-refractivity contribution in [3.63, 3.8) is 0 Å². The molecule has 0 saturated carbocycles. The van der Waals surface area contributed by atoms with E-state index in [0.29, 0.717) is 11.7 Å². The van der Waals surface area contributed by atoms with E-state index in [4.69, 9.17) is 0 Å². The van der Waals surface area contributed by atoms with Gasteiger partial charge in [0.15, 0.2) is 0 Å². The molecule has 19 heavy (non-hydrogen) atoms. The molecule has 1 unspecified atom stereocenters. The Balaban J connectivity index is 2.16. The molecule has 0 radical (unpaired) electrons. The minimum atomic E-state index is -0.0462. The van der Waals surface area contributed by atoms with E-state index in [0.717, 1.165) is 26.2 Å². The first-order valence-electron chi connectivity index (χ1n) is 6.93. The summed E-state index contributed by atoms with van der Waals surface area (Å²) in [6, 6.07) is 1.97. The zero-order chi connectivity index (χ0) is 13.8. The van der Waals surface area contributed by atoms with E-state index in [9.17, 15) is 4.79 Å².